The monoisotopic (exact) mass is 252 g/mol. The summed E-state index contributed by atoms with van der Waals surface area (Å²) in [6.07, 6.45) is 0. The van der Waals surface area contributed by atoms with Crippen molar-refractivity contribution in [2.45, 2.75) is 32.4 Å². The van der Waals surface area contributed by atoms with Crippen LogP contribution in [0.15, 0.2) is 24.3 Å². The first-order chi connectivity index (χ1) is 7.88. The van der Waals surface area contributed by atoms with E-state index in [1.165, 1.54) is 0 Å². The van der Waals surface area contributed by atoms with Gasteiger partial charge in [0.2, 0.25) is 0 Å². The molecule has 0 saturated carbocycles. The molecule has 1 N–H and O–H groups in total. The summed E-state index contributed by atoms with van der Waals surface area (Å²) in [4.78, 5) is 13.7. The summed E-state index contributed by atoms with van der Waals surface area (Å²) in [6.45, 7) is 6.79. The third-order valence-corrected chi connectivity index (χ3v) is 3.20. The number of urea groups is 1. The molecule has 1 atom stereocenters. The van der Waals surface area contributed by atoms with Crippen molar-refractivity contribution < 1.29 is 4.79 Å². The molecule has 1 fully saturated rings. The Morgan fingerprint density at radius 1 is 1.41 bits per heavy atom. The molecular formula is C13H17ClN2O. The second-order valence-electron chi connectivity index (χ2n) is 5.34. The van der Waals surface area contributed by atoms with Crippen molar-refractivity contribution in [1.82, 2.24) is 10.2 Å². The lowest BCUT2D eigenvalue weighted by atomic mass is 10.0. The van der Waals surface area contributed by atoms with E-state index in [1.54, 1.807) is 0 Å². The highest BCUT2D eigenvalue weighted by Gasteiger charge is 2.36. The SMILES string of the molecule is CC(C)(C)N1CC(c2cccc(Cl)c2)NC1=O. The molecule has 0 radical (unpaired) electrons. The topological polar surface area (TPSA) is 32.3 Å². The molecule has 2 amide bonds. The van der Waals surface area contributed by atoms with E-state index < -0.39 is 0 Å². The maximum absolute atomic E-state index is 11.9. The van der Waals surface area contributed by atoms with Crippen LogP contribution in [0.4, 0.5) is 4.79 Å². The third-order valence-electron chi connectivity index (χ3n) is 2.97. The summed E-state index contributed by atoms with van der Waals surface area (Å²) in [5.41, 5.74) is 0.898. The number of carbonyl (C=O) groups is 1. The normalized spacial score (nSPS) is 20.6. The molecule has 0 spiro atoms. The van der Waals surface area contributed by atoms with Gasteiger partial charge in [-0.2, -0.15) is 0 Å². The molecule has 0 aliphatic carbocycles. The summed E-state index contributed by atoms with van der Waals surface area (Å²) in [5, 5.41) is 3.68. The fourth-order valence-corrected chi connectivity index (χ4v) is 2.23. The number of nitrogens with one attached hydrogen (secondary N) is 1. The van der Waals surface area contributed by atoms with Crippen molar-refractivity contribution in [3.05, 3.63) is 34.9 Å². The van der Waals surface area contributed by atoms with Crippen LogP contribution in [-0.4, -0.2) is 23.0 Å². The smallest absolute Gasteiger partial charge is 0.318 e. The van der Waals surface area contributed by atoms with Crippen molar-refractivity contribution in [3.63, 3.8) is 0 Å². The maximum Gasteiger partial charge on any atom is 0.318 e. The van der Waals surface area contributed by atoms with E-state index in [4.69, 9.17) is 11.6 Å². The molecule has 1 unspecified atom stereocenters. The second kappa shape index (κ2) is 4.22. The molecule has 92 valence electrons. The highest BCUT2D eigenvalue weighted by Crippen LogP contribution is 2.27. The van der Waals surface area contributed by atoms with Crippen molar-refractivity contribution >= 4 is 17.6 Å². The standard InChI is InChI=1S/C13H17ClN2O/c1-13(2,3)16-8-11(15-12(16)17)9-5-4-6-10(14)7-9/h4-7,11H,8H2,1-3H3,(H,15,17). The predicted octanol–water partition coefficient (Wildman–Crippen LogP) is 3.20. The lowest BCUT2D eigenvalue weighted by Gasteiger charge is -2.30. The molecule has 1 heterocycles. The Labute approximate surface area is 107 Å². The van der Waals surface area contributed by atoms with E-state index >= 15 is 0 Å². The Bertz CT molecular complexity index is 439. The zero-order chi connectivity index (χ0) is 12.6. The van der Waals surface area contributed by atoms with Crippen molar-refractivity contribution in [1.29, 1.82) is 0 Å². The molecule has 0 bridgehead atoms. The number of hydrogen-bond donors (Lipinski definition) is 1. The minimum absolute atomic E-state index is 0.0116. The number of benzene rings is 1. The van der Waals surface area contributed by atoms with Gasteiger partial charge in [0.25, 0.3) is 0 Å². The molecule has 3 nitrogen and oxygen atoms in total. The van der Waals surface area contributed by atoms with Crippen LogP contribution in [0.5, 0.6) is 0 Å². The van der Waals surface area contributed by atoms with Crippen LogP contribution in [0.2, 0.25) is 5.02 Å². The number of nitrogens with zero attached hydrogens (tertiary/aromatic N) is 1. The first kappa shape index (κ1) is 12.2. The van der Waals surface area contributed by atoms with Gasteiger partial charge in [-0.05, 0) is 38.5 Å². The fourth-order valence-electron chi connectivity index (χ4n) is 2.03. The van der Waals surface area contributed by atoms with Crippen LogP contribution in [0.1, 0.15) is 32.4 Å². The van der Waals surface area contributed by atoms with Crippen LogP contribution in [0, 0.1) is 0 Å². The molecule has 0 aromatic heterocycles. The van der Waals surface area contributed by atoms with Gasteiger partial charge in [-0.25, -0.2) is 4.79 Å². The van der Waals surface area contributed by atoms with Gasteiger partial charge in [-0.1, -0.05) is 23.7 Å². The summed E-state index contributed by atoms with van der Waals surface area (Å²) in [6, 6.07) is 7.65. The molecule has 17 heavy (non-hydrogen) atoms. The van der Waals surface area contributed by atoms with Crippen molar-refractivity contribution in [3.8, 4) is 0 Å². The van der Waals surface area contributed by atoms with E-state index in [-0.39, 0.29) is 17.6 Å². The average molecular weight is 253 g/mol. The average Bonchev–Trinajstić information content (AvgIpc) is 2.60. The minimum atomic E-state index is -0.155. The van der Waals surface area contributed by atoms with Crippen LogP contribution >= 0.6 is 11.6 Å². The van der Waals surface area contributed by atoms with E-state index in [9.17, 15) is 4.79 Å². The van der Waals surface area contributed by atoms with Crippen molar-refractivity contribution in [2.24, 2.45) is 0 Å². The van der Waals surface area contributed by atoms with E-state index in [2.05, 4.69) is 5.32 Å². The van der Waals surface area contributed by atoms with Crippen molar-refractivity contribution in [2.75, 3.05) is 6.54 Å². The van der Waals surface area contributed by atoms with Crippen LogP contribution < -0.4 is 5.32 Å². The maximum atomic E-state index is 11.9. The van der Waals surface area contributed by atoms with Gasteiger partial charge in [0.1, 0.15) is 0 Å². The number of rotatable bonds is 1. The molecule has 4 heteroatoms. The fraction of sp³-hybridized carbons (Fsp3) is 0.462. The van der Waals surface area contributed by atoms with Gasteiger partial charge in [-0.3, -0.25) is 0 Å². The summed E-state index contributed by atoms with van der Waals surface area (Å²) >= 11 is 5.96. The first-order valence-electron chi connectivity index (χ1n) is 5.71. The lowest BCUT2D eigenvalue weighted by Crippen LogP contribution is -2.43. The molecule has 1 saturated heterocycles. The zero-order valence-corrected chi connectivity index (χ0v) is 11.1. The van der Waals surface area contributed by atoms with Gasteiger partial charge >= 0.3 is 6.03 Å². The van der Waals surface area contributed by atoms with Gasteiger partial charge in [0.05, 0.1) is 6.04 Å². The van der Waals surface area contributed by atoms with Crippen LogP contribution in [0.3, 0.4) is 0 Å². The minimum Gasteiger partial charge on any atom is -0.329 e. The Hall–Kier alpha value is -1.22. The zero-order valence-electron chi connectivity index (χ0n) is 10.3. The molecule has 1 aromatic rings. The lowest BCUT2D eigenvalue weighted by molar-refractivity contribution is 0.169. The Morgan fingerprint density at radius 3 is 2.65 bits per heavy atom. The molecule has 1 aliphatic heterocycles. The Balaban J connectivity index is 2.20. The summed E-state index contributed by atoms with van der Waals surface area (Å²) in [5.74, 6) is 0. The first-order valence-corrected chi connectivity index (χ1v) is 6.09. The summed E-state index contributed by atoms with van der Waals surface area (Å²) < 4.78 is 0. The van der Waals surface area contributed by atoms with Gasteiger partial charge < -0.3 is 10.2 Å². The summed E-state index contributed by atoms with van der Waals surface area (Å²) in [7, 11) is 0. The van der Waals surface area contributed by atoms with Gasteiger partial charge in [-0.15, -0.1) is 0 Å². The largest absolute Gasteiger partial charge is 0.329 e. The molecular weight excluding hydrogens is 236 g/mol. The van der Waals surface area contributed by atoms with E-state index in [0.29, 0.717) is 11.6 Å². The van der Waals surface area contributed by atoms with E-state index in [1.807, 2.05) is 49.9 Å². The quantitative estimate of drug-likeness (QED) is 0.818. The highest BCUT2D eigenvalue weighted by atomic mass is 35.5. The number of carbonyl (C=O) groups excluding carboxylic acids is 1. The van der Waals surface area contributed by atoms with E-state index in [0.717, 1.165) is 5.56 Å². The highest BCUT2D eigenvalue weighted by molar-refractivity contribution is 6.30. The Morgan fingerprint density at radius 2 is 2.12 bits per heavy atom. The molecule has 2 rings (SSSR count). The van der Waals surface area contributed by atoms with Gasteiger partial charge in [0, 0.05) is 17.1 Å². The second-order valence-corrected chi connectivity index (χ2v) is 5.77. The Kier molecular flexibility index (Phi) is 3.04. The van der Waals surface area contributed by atoms with Gasteiger partial charge in [0.15, 0.2) is 0 Å². The molecule has 1 aromatic carbocycles. The number of hydrogen-bond acceptors (Lipinski definition) is 1. The third kappa shape index (κ3) is 2.55. The number of halogens is 1. The van der Waals surface area contributed by atoms with Crippen LogP contribution in [-0.2, 0) is 0 Å². The predicted molar refractivity (Wildman–Crippen MR) is 69.2 cm³/mol. The molecule has 1 aliphatic rings. The van der Waals surface area contributed by atoms with Crippen LogP contribution in [0.25, 0.3) is 0 Å². The number of amides is 2.